The van der Waals surface area contributed by atoms with Gasteiger partial charge in [-0.1, -0.05) is 0 Å². The van der Waals surface area contributed by atoms with Gasteiger partial charge in [-0.15, -0.1) is 11.6 Å². The van der Waals surface area contributed by atoms with Gasteiger partial charge in [-0.25, -0.2) is 4.98 Å². The van der Waals surface area contributed by atoms with Crippen molar-refractivity contribution >= 4 is 17.5 Å². The second-order valence-electron chi connectivity index (χ2n) is 5.39. The van der Waals surface area contributed by atoms with E-state index < -0.39 is 0 Å². The molecule has 0 spiro atoms. The lowest BCUT2D eigenvalue weighted by atomic mass is 10.1. The smallest absolute Gasteiger partial charge is 0.229 e. The lowest BCUT2D eigenvalue weighted by Gasteiger charge is -2.42. The summed E-state index contributed by atoms with van der Waals surface area (Å²) < 4.78 is 11.1. The van der Waals surface area contributed by atoms with Crippen molar-refractivity contribution in [3.63, 3.8) is 0 Å². The molecule has 1 aromatic heterocycles. The molecule has 1 saturated heterocycles. The van der Waals surface area contributed by atoms with E-state index in [4.69, 9.17) is 21.1 Å². The Kier molecular flexibility index (Phi) is 4.16. The number of halogens is 1. The van der Waals surface area contributed by atoms with Gasteiger partial charge in [0.05, 0.1) is 24.7 Å². The largest absolute Gasteiger partial charge is 0.481 e. The summed E-state index contributed by atoms with van der Waals surface area (Å²) in [7, 11) is 1.61. The summed E-state index contributed by atoms with van der Waals surface area (Å²) in [6.07, 6.45) is -0.0134. The van der Waals surface area contributed by atoms with Gasteiger partial charge in [0.2, 0.25) is 11.8 Å². The van der Waals surface area contributed by atoms with Crippen LogP contribution in [0.25, 0.3) is 0 Å². The van der Waals surface area contributed by atoms with Crippen molar-refractivity contribution in [2.75, 3.05) is 31.0 Å². The Balaban J connectivity index is 2.27. The van der Waals surface area contributed by atoms with Gasteiger partial charge < -0.3 is 14.4 Å². The van der Waals surface area contributed by atoms with Crippen LogP contribution in [0, 0.1) is 6.92 Å². The number of hydrogen-bond donors (Lipinski definition) is 0. The molecule has 1 unspecified atom stereocenters. The molecule has 106 valence electrons. The van der Waals surface area contributed by atoms with E-state index in [9.17, 15) is 0 Å². The van der Waals surface area contributed by atoms with Crippen molar-refractivity contribution in [2.24, 2.45) is 0 Å². The van der Waals surface area contributed by atoms with Crippen LogP contribution in [0.3, 0.4) is 0 Å². The lowest BCUT2D eigenvalue weighted by Crippen LogP contribution is -2.54. The second-order valence-corrected chi connectivity index (χ2v) is 5.69. The molecule has 0 amide bonds. The first kappa shape index (κ1) is 14.3. The molecule has 1 fully saturated rings. The molecule has 1 aliphatic heterocycles. The van der Waals surface area contributed by atoms with E-state index in [0.29, 0.717) is 24.3 Å². The normalized spacial score (nSPS) is 22.4. The third-order valence-corrected chi connectivity index (χ3v) is 3.31. The molecule has 0 bridgehead atoms. The Morgan fingerprint density at radius 1 is 1.53 bits per heavy atom. The van der Waals surface area contributed by atoms with Crippen molar-refractivity contribution < 1.29 is 9.47 Å². The molecule has 2 heterocycles. The monoisotopic (exact) mass is 285 g/mol. The first-order valence-corrected chi connectivity index (χ1v) is 6.85. The number of alkyl halides is 1. The molecule has 1 atom stereocenters. The van der Waals surface area contributed by atoms with E-state index in [0.717, 1.165) is 12.2 Å². The second kappa shape index (κ2) is 5.51. The number of nitrogens with zero attached hydrogens (tertiary/aromatic N) is 3. The van der Waals surface area contributed by atoms with E-state index in [-0.39, 0.29) is 11.7 Å². The number of hydrogen-bond acceptors (Lipinski definition) is 5. The first-order chi connectivity index (χ1) is 8.93. The number of morpholine rings is 1. The first-order valence-electron chi connectivity index (χ1n) is 6.32. The fourth-order valence-electron chi connectivity index (χ4n) is 2.30. The standard InChI is InChI=1S/C13H20ClN3O2/c1-9-5-11(18-4)16-12(15-9)17-7-10(6-14)19-13(2,3)8-17/h5,10H,6-8H2,1-4H3. The molecule has 0 aliphatic carbocycles. The lowest BCUT2D eigenvalue weighted by molar-refractivity contribution is -0.0738. The van der Waals surface area contributed by atoms with Gasteiger partial charge >= 0.3 is 0 Å². The van der Waals surface area contributed by atoms with Gasteiger partial charge in [-0.3, -0.25) is 0 Å². The van der Waals surface area contributed by atoms with Gasteiger partial charge in [0, 0.05) is 24.8 Å². The highest BCUT2D eigenvalue weighted by molar-refractivity contribution is 6.18. The zero-order valence-corrected chi connectivity index (χ0v) is 12.6. The van der Waals surface area contributed by atoms with Crippen LogP contribution in [0.15, 0.2) is 6.07 Å². The van der Waals surface area contributed by atoms with Crippen LogP contribution in [-0.2, 0) is 4.74 Å². The molecule has 2 rings (SSSR count). The minimum atomic E-state index is -0.266. The van der Waals surface area contributed by atoms with Crippen LogP contribution in [0.4, 0.5) is 5.95 Å². The van der Waals surface area contributed by atoms with Crippen molar-refractivity contribution in [1.82, 2.24) is 9.97 Å². The van der Waals surface area contributed by atoms with Crippen LogP contribution in [0.2, 0.25) is 0 Å². The van der Waals surface area contributed by atoms with Crippen LogP contribution >= 0.6 is 11.6 Å². The number of ether oxygens (including phenoxy) is 2. The molecule has 1 aromatic rings. The van der Waals surface area contributed by atoms with Crippen LogP contribution < -0.4 is 9.64 Å². The van der Waals surface area contributed by atoms with E-state index in [1.807, 2.05) is 26.8 Å². The maximum Gasteiger partial charge on any atom is 0.229 e. The summed E-state index contributed by atoms with van der Waals surface area (Å²) >= 11 is 5.93. The highest BCUT2D eigenvalue weighted by Crippen LogP contribution is 2.25. The van der Waals surface area contributed by atoms with E-state index in [1.54, 1.807) is 7.11 Å². The highest BCUT2D eigenvalue weighted by Gasteiger charge is 2.34. The number of anilines is 1. The number of rotatable bonds is 3. The topological polar surface area (TPSA) is 47.5 Å². The zero-order valence-electron chi connectivity index (χ0n) is 11.8. The third kappa shape index (κ3) is 3.48. The van der Waals surface area contributed by atoms with Gasteiger partial charge in [-0.2, -0.15) is 4.98 Å². The summed E-state index contributed by atoms with van der Waals surface area (Å²) in [4.78, 5) is 11.0. The minimum Gasteiger partial charge on any atom is -0.481 e. The molecule has 0 radical (unpaired) electrons. The van der Waals surface area contributed by atoms with E-state index in [2.05, 4.69) is 14.9 Å². The number of aromatic nitrogens is 2. The molecule has 19 heavy (non-hydrogen) atoms. The fraction of sp³-hybridized carbons (Fsp3) is 0.692. The predicted molar refractivity (Wildman–Crippen MR) is 75.2 cm³/mol. The maximum absolute atomic E-state index is 5.93. The highest BCUT2D eigenvalue weighted by atomic mass is 35.5. The zero-order chi connectivity index (χ0) is 14.0. The van der Waals surface area contributed by atoms with Crippen molar-refractivity contribution in [1.29, 1.82) is 0 Å². The summed E-state index contributed by atoms with van der Waals surface area (Å²) in [5.74, 6) is 1.71. The molecule has 1 aliphatic rings. The van der Waals surface area contributed by atoms with E-state index in [1.165, 1.54) is 0 Å². The molecular weight excluding hydrogens is 266 g/mol. The Labute approximate surface area is 118 Å². The molecule has 0 aromatic carbocycles. The summed E-state index contributed by atoms with van der Waals surface area (Å²) in [6.45, 7) is 7.45. The quantitative estimate of drug-likeness (QED) is 0.795. The van der Waals surface area contributed by atoms with Gasteiger partial charge in [0.25, 0.3) is 0 Å². The SMILES string of the molecule is COc1cc(C)nc(N2CC(CCl)OC(C)(C)C2)n1. The molecular formula is C13H20ClN3O2. The molecule has 0 saturated carbocycles. The van der Waals surface area contributed by atoms with E-state index >= 15 is 0 Å². The van der Waals surface area contributed by atoms with Gasteiger partial charge in [-0.05, 0) is 20.8 Å². The summed E-state index contributed by atoms with van der Waals surface area (Å²) in [5, 5.41) is 0. The number of methoxy groups -OCH3 is 1. The molecule has 0 N–H and O–H groups in total. The minimum absolute atomic E-state index is 0.0134. The molecule has 5 nitrogen and oxygen atoms in total. The summed E-state index contributed by atoms with van der Waals surface area (Å²) in [5.41, 5.74) is 0.617. The van der Waals surface area contributed by atoms with Gasteiger partial charge in [0.15, 0.2) is 0 Å². The maximum atomic E-state index is 5.93. The van der Waals surface area contributed by atoms with Crippen LogP contribution in [-0.4, -0.2) is 47.8 Å². The Morgan fingerprint density at radius 3 is 2.89 bits per heavy atom. The predicted octanol–water partition coefficient (Wildman–Crippen LogP) is 2.02. The summed E-state index contributed by atoms with van der Waals surface area (Å²) in [6, 6.07) is 1.81. The Morgan fingerprint density at radius 2 is 2.26 bits per heavy atom. The Hall–Kier alpha value is -1.07. The average Bonchev–Trinajstić information content (AvgIpc) is 2.36. The van der Waals surface area contributed by atoms with Crippen molar-refractivity contribution in [3.8, 4) is 5.88 Å². The Bertz CT molecular complexity index is 454. The average molecular weight is 286 g/mol. The van der Waals surface area contributed by atoms with Crippen LogP contribution in [0.1, 0.15) is 19.5 Å². The molecule has 6 heteroatoms. The van der Waals surface area contributed by atoms with Crippen molar-refractivity contribution in [2.45, 2.75) is 32.5 Å². The van der Waals surface area contributed by atoms with Gasteiger partial charge in [0.1, 0.15) is 0 Å². The third-order valence-electron chi connectivity index (χ3n) is 2.96. The number of aryl methyl sites for hydroxylation is 1. The van der Waals surface area contributed by atoms with Crippen LogP contribution in [0.5, 0.6) is 5.88 Å². The van der Waals surface area contributed by atoms with Crippen molar-refractivity contribution in [3.05, 3.63) is 11.8 Å². The fourth-order valence-corrected chi connectivity index (χ4v) is 2.46.